The normalized spacial score (nSPS) is 14.9. The van der Waals surface area contributed by atoms with Crippen molar-refractivity contribution in [2.75, 3.05) is 11.4 Å². The molecule has 0 saturated carbocycles. The SMILES string of the molecule is CC(NC(=O)c1ccccc1N1CCC(=O)NC1=O)c1nc(-c2ccccc2)no1. The van der Waals surface area contributed by atoms with Crippen LogP contribution >= 0.6 is 0 Å². The Bertz CT molecular complexity index is 1100. The quantitative estimate of drug-likeness (QED) is 0.674. The van der Waals surface area contributed by atoms with E-state index in [9.17, 15) is 14.4 Å². The molecule has 3 aromatic rings. The number of carbonyl (C=O) groups excluding carboxylic acids is 3. The fourth-order valence-electron chi connectivity index (χ4n) is 3.15. The molecule has 4 amide bonds. The maximum atomic E-state index is 12.9. The summed E-state index contributed by atoms with van der Waals surface area (Å²) < 4.78 is 5.31. The van der Waals surface area contributed by atoms with E-state index in [0.29, 0.717) is 17.1 Å². The van der Waals surface area contributed by atoms with Gasteiger partial charge in [-0.25, -0.2) is 4.79 Å². The molecule has 0 radical (unpaired) electrons. The molecule has 1 aromatic heterocycles. The summed E-state index contributed by atoms with van der Waals surface area (Å²) in [5.41, 5.74) is 1.53. The standard InChI is InChI=1S/C21H19N5O4/c1-13(20-24-18(25-30-20)14-7-3-2-4-8-14)22-19(28)15-9-5-6-10-16(15)26-12-11-17(27)23-21(26)29/h2-10,13H,11-12H2,1H3,(H,22,28)(H,23,27,29). The first kappa shape index (κ1) is 19.3. The highest BCUT2D eigenvalue weighted by atomic mass is 16.5. The molecule has 1 atom stereocenters. The van der Waals surface area contributed by atoms with Crippen LogP contribution in [0.1, 0.15) is 35.6 Å². The van der Waals surface area contributed by atoms with Crippen LogP contribution in [-0.2, 0) is 4.79 Å². The minimum atomic E-state index is -0.552. The topological polar surface area (TPSA) is 117 Å². The summed E-state index contributed by atoms with van der Waals surface area (Å²) in [7, 11) is 0. The second kappa shape index (κ2) is 8.16. The number of imide groups is 1. The summed E-state index contributed by atoms with van der Waals surface area (Å²) in [5, 5.41) is 9.05. The molecule has 0 spiro atoms. The Morgan fingerprint density at radius 1 is 1.13 bits per heavy atom. The predicted octanol–water partition coefficient (Wildman–Crippen LogP) is 2.67. The van der Waals surface area contributed by atoms with Crippen molar-refractivity contribution >= 4 is 23.5 Å². The van der Waals surface area contributed by atoms with Crippen molar-refractivity contribution in [2.45, 2.75) is 19.4 Å². The number of nitrogens with one attached hydrogen (secondary N) is 2. The van der Waals surface area contributed by atoms with Crippen LogP contribution < -0.4 is 15.5 Å². The lowest BCUT2D eigenvalue weighted by atomic mass is 10.1. The largest absolute Gasteiger partial charge is 0.340 e. The Morgan fingerprint density at radius 3 is 2.63 bits per heavy atom. The zero-order chi connectivity index (χ0) is 21.1. The van der Waals surface area contributed by atoms with Gasteiger partial charge in [-0.3, -0.25) is 19.8 Å². The Morgan fingerprint density at radius 2 is 1.87 bits per heavy atom. The van der Waals surface area contributed by atoms with Gasteiger partial charge in [0, 0.05) is 18.5 Å². The van der Waals surface area contributed by atoms with Crippen LogP contribution in [0.4, 0.5) is 10.5 Å². The number of carbonyl (C=O) groups is 3. The highest BCUT2D eigenvalue weighted by Gasteiger charge is 2.28. The minimum absolute atomic E-state index is 0.169. The number of hydrogen-bond acceptors (Lipinski definition) is 6. The molecule has 30 heavy (non-hydrogen) atoms. The van der Waals surface area contributed by atoms with E-state index in [-0.39, 0.29) is 24.8 Å². The molecule has 0 aliphatic carbocycles. The van der Waals surface area contributed by atoms with E-state index < -0.39 is 18.0 Å². The number of para-hydroxylation sites is 1. The van der Waals surface area contributed by atoms with E-state index in [4.69, 9.17) is 4.52 Å². The molecule has 1 aliphatic heterocycles. The zero-order valence-corrected chi connectivity index (χ0v) is 16.2. The smallest absolute Gasteiger partial charge is 0.328 e. The Labute approximate surface area is 172 Å². The number of rotatable bonds is 5. The maximum Gasteiger partial charge on any atom is 0.328 e. The minimum Gasteiger partial charge on any atom is -0.340 e. The maximum absolute atomic E-state index is 12.9. The summed E-state index contributed by atoms with van der Waals surface area (Å²) >= 11 is 0. The molecular formula is C21H19N5O4. The summed E-state index contributed by atoms with van der Waals surface area (Å²) in [5.74, 6) is -0.0394. The third-order valence-corrected chi connectivity index (χ3v) is 4.69. The fraction of sp³-hybridized carbons (Fsp3) is 0.190. The van der Waals surface area contributed by atoms with E-state index in [1.54, 1.807) is 31.2 Å². The molecule has 152 valence electrons. The van der Waals surface area contributed by atoms with Crippen LogP contribution in [0.5, 0.6) is 0 Å². The van der Waals surface area contributed by atoms with Crippen LogP contribution in [0.25, 0.3) is 11.4 Å². The number of benzene rings is 2. The predicted molar refractivity (Wildman–Crippen MR) is 108 cm³/mol. The van der Waals surface area contributed by atoms with Crippen molar-refractivity contribution in [2.24, 2.45) is 0 Å². The van der Waals surface area contributed by atoms with E-state index in [2.05, 4.69) is 20.8 Å². The lowest BCUT2D eigenvalue weighted by Crippen LogP contribution is -2.50. The molecular weight excluding hydrogens is 386 g/mol. The van der Waals surface area contributed by atoms with Gasteiger partial charge < -0.3 is 9.84 Å². The molecule has 9 heteroatoms. The van der Waals surface area contributed by atoms with Crippen LogP contribution in [0.15, 0.2) is 59.1 Å². The van der Waals surface area contributed by atoms with Crippen molar-refractivity contribution in [1.82, 2.24) is 20.8 Å². The van der Waals surface area contributed by atoms with Gasteiger partial charge in [0.05, 0.1) is 11.3 Å². The average Bonchev–Trinajstić information content (AvgIpc) is 3.25. The number of urea groups is 1. The van der Waals surface area contributed by atoms with Gasteiger partial charge in [0.15, 0.2) is 0 Å². The molecule has 0 bridgehead atoms. The van der Waals surface area contributed by atoms with E-state index >= 15 is 0 Å². The molecule has 1 aliphatic rings. The lowest BCUT2D eigenvalue weighted by Gasteiger charge is -2.28. The first-order valence-corrected chi connectivity index (χ1v) is 9.43. The molecule has 1 unspecified atom stereocenters. The third-order valence-electron chi connectivity index (χ3n) is 4.69. The molecule has 4 rings (SSSR count). The Hall–Kier alpha value is -4.01. The van der Waals surface area contributed by atoms with Gasteiger partial charge >= 0.3 is 6.03 Å². The van der Waals surface area contributed by atoms with Crippen LogP contribution in [0.3, 0.4) is 0 Å². The van der Waals surface area contributed by atoms with Crippen molar-refractivity contribution in [3.63, 3.8) is 0 Å². The van der Waals surface area contributed by atoms with Gasteiger partial charge in [-0.1, -0.05) is 47.6 Å². The van der Waals surface area contributed by atoms with Crippen LogP contribution in [-0.4, -0.2) is 34.5 Å². The zero-order valence-electron chi connectivity index (χ0n) is 16.2. The Kier molecular flexibility index (Phi) is 5.25. The number of amides is 4. The van der Waals surface area contributed by atoms with E-state index in [1.165, 1.54) is 4.90 Å². The first-order valence-electron chi connectivity index (χ1n) is 9.43. The second-order valence-electron chi connectivity index (χ2n) is 6.79. The number of nitrogens with zero attached hydrogens (tertiary/aromatic N) is 3. The highest BCUT2D eigenvalue weighted by Crippen LogP contribution is 2.24. The van der Waals surface area contributed by atoms with Crippen LogP contribution in [0, 0.1) is 0 Å². The number of anilines is 1. The van der Waals surface area contributed by atoms with E-state index in [1.807, 2.05) is 30.3 Å². The number of hydrogen-bond donors (Lipinski definition) is 2. The molecule has 9 nitrogen and oxygen atoms in total. The van der Waals surface area contributed by atoms with Gasteiger partial charge in [-0.15, -0.1) is 0 Å². The van der Waals surface area contributed by atoms with E-state index in [0.717, 1.165) is 5.56 Å². The molecule has 2 heterocycles. The van der Waals surface area contributed by atoms with Gasteiger partial charge in [0.25, 0.3) is 5.91 Å². The summed E-state index contributed by atoms with van der Waals surface area (Å²) in [6.45, 7) is 1.93. The molecule has 2 N–H and O–H groups in total. The summed E-state index contributed by atoms with van der Waals surface area (Å²) in [4.78, 5) is 42.2. The molecule has 2 aromatic carbocycles. The molecule has 1 saturated heterocycles. The second-order valence-corrected chi connectivity index (χ2v) is 6.79. The van der Waals surface area contributed by atoms with Gasteiger partial charge in [-0.2, -0.15) is 4.98 Å². The van der Waals surface area contributed by atoms with Crippen molar-refractivity contribution in [1.29, 1.82) is 0 Å². The van der Waals surface area contributed by atoms with Crippen molar-refractivity contribution < 1.29 is 18.9 Å². The van der Waals surface area contributed by atoms with Crippen molar-refractivity contribution in [3.8, 4) is 11.4 Å². The first-order chi connectivity index (χ1) is 14.5. The highest BCUT2D eigenvalue weighted by molar-refractivity contribution is 6.09. The van der Waals surface area contributed by atoms with Crippen molar-refractivity contribution in [3.05, 3.63) is 66.1 Å². The number of aromatic nitrogens is 2. The lowest BCUT2D eigenvalue weighted by molar-refractivity contribution is -0.120. The third kappa shape index (κ3) is 3.90. The fourth-order valence-corrected chi connectivity index (χ4v) is 3.15. The average molecular weight is 405 g/mol. The summed E-state index contributed by atoms with van der Waals surface area (Å²) in [6.07, 6.45) is 0.169. The summed E-state index contributed by atoms with van der Waals surface area (Å²) in [6, 6.07) is 15.0. The Balaban J connectivity index is 1.51. The molecule has 1 fully saturated rings. The van der Waals surface area contributed by atoms with Crippen LogP contribution in [0.2, 0.25) is 0 Å². The van der Waals surface area contributed by atoms with Gasteiger partial charge in [0.2, 0.25) is 17.6 Å². The van der Waals surface area contributed by atoms with Gasteiger partial charge in [0.1, 0.15) is 6.04 Å². The van der Waals surface area contributed by atoms with Gasteiger partial charge in [-0.05, 0) is 19.1 Å². The monoisotopic (exact) mass is 405 g/mol.